The fraction of sp³-hybridized carbons (Fsp3) is 0.111. The van der Waals surface area contributed by atoms with Gasteiger partial charge in [-0.3, -0.25) is 9.59 Å². The Bertz CT molecular complexity index is 784. The highest BCUT2D eigenvalue weighted by molar-refractivity contribution is 6.11. The van der Waals surface area contributed by atoms with E-state index in [9.17, 15) is 29.4 Å². The molecule has 2 N–H and O–H groups in total. The molecule has 0 heterocycles. The minimum atomic E-state index is -2.15. The maximum Gasteiger partial charge on any atom is 0.346 e. The average molecular weight is 342 g/mol. The summed E-state index contributed by atoms with van der Waals surface area (Å²) < 4.78 is 4.82. The first-order valence-corrected chi connectivity index (χ1v) is 7.22. The number of aliphatic carboxylic acids is 2. The fourth-order valence-electron chi connectivity index (χ4n) is 2.18. The third-order valence-corrected chi connectivity index (χ3v) is 3.40. The molecular weight excluding hydrogens is 328 g/mol. The second-order valence-electron chi connectivity index (χ2n) is 5.08. The predicted octanol–water partition coefficient (Wildman–Crippen LogP) is 1.88. The van der Waals surface area contributed by atoms with Crippen molar-refractivity contribution in [3.05, 3.63) is 71.8 Å². The van der Waals surface area contributed by atoms with Crippen LogP contribution in [0.3, 0.4) is 0 Å². The highest BCUT2D eigenvalue weighted by Gasteiger charge is 2.42. The lowest BCUT2D eigenvalue weighted by molar-refractivity contribution is -0.157. The second kappa shape index (κ2) is 7.87. The highest BCUT2D eigenvalue weighted by Crippen LogP contribution is 2.18. The van der Waals surface area contributed by atoms with E-state index in [1.165, 1.54) is 48.5 Å². The van der Waals surface area contributed by atoms with Crippen molar-refractivity contribution in [3.8, 4) is 0 Å². The monoisotopic (exact) mass is 342 g/mol. The van der Waals surface area contributed by atoms with E-state index in [0.717, 1.165) is 0 Å². The van der Waals surface area contributed by atoms with E-state index >= 15 is 0 Å². The molecule has 0 unspecified atom stereocenters. The van der Waals surface area contributed by atoms with E-state index in [2.05, 4.69) is 0 Å². The van der Waals surface area contributed by atoms with Crippen LogP contribution in [0.5, 0.6) is 0 Å². The number of ether oxygens (including phenoxy) is 1. The van der Waals surface area contributed by atoms with Crippen molar-refractivity contribution in [1.29, 1.82) is 0 Å². The molecule has 7 nitrogen and oxygen atoms in total. The van der Waals surface area contributed by atoms with Gasteiger partial charge in [-0.25, -0.2) is 9.59 Å². The molecule has 0 aromatic heterocycles. The van der Waals surface area contributed by atoms with Crippen LogP contribution < -0.4 is 0 Å². The Morgan fingerprint density at radius 3 is 1.64 bits per heavy atom. The number of carbonyl (C=O) groups is 4. The van der Waals surface area contributed by atoms with E-state index in [0.29, 0.717) is 0 Å². The lowest BCUT2D eigenvalue weighted by atomic mass is 9.92. The molecule has 0 aliphatic rings. The first-order chi connectivity index (χ1) is 11.9. The normalized spacial score (nSPS) is 12.6. The average Bonchev–Trinajstić information content (AvgIpc) is 2.62. The van der Waals surface area contributed by atoms with Crippen molar-refractivity contribution in [3.63, 3.8) is 0 Å². The number of benzene rings is 2. The summed E-state index contributed by atoms with van der Waals surface area (Å²) in [5.74, 6) is -7.46. The van der Waals surface area contributed by atoms with Gasteiger partial charge in [0, 0.05) is 5.56 Å². The molecule has 0 amide bonds. The summed E-state index contributed by atoms with van der Waals surface area (Å²) in [6.07, 6.45) is -2.15. The van der Waals surface area contributed by atoms with Gasteiger partial charge in [0.1, 0.15) is 0 Å². The van der Waals surface area contributed by atoms with Gasteiger partial charge in [0.2, 0.25) is 6.10 Å². The van der Waals surface area contributed by atoms with Gasteiger partial charge in [0.25, 0.3) is 0 Å². The summed E-state index contributed by atoms with van der Waals surface area (Å²) in [6, 6.07) is 14.8. The lowest BCUT2D eigenvalue weighted by Gasteiger charge is -2.20. The summed E-state index contributed by atoms with van der Waals surface area (Å²) >= 11 is 0. The zero-order valence-electron chi connectivity index (χ0n) is 12.9. The number of ketones is 1. The molecule has 2 atom stereocenters. The number of hydrogen-bond donors (Lipinski definition) is 2. The summed E-state index contributed by atoms with van der Waals surface area (Å²) in [6.45, 7) is 0. The maximum absolute atomic E-state index is 12.4. The van der Waals surface area contributed by atoms with E-state index in [4.69, 9.17) is 4.74 Å². The molecule has 0 aliphatic carbocycles. The third kappa shape index (κ3) is 4.29. The van der Waals surface area contributed by atoms with Crippen LogP contribution in [-0.2, 0) is 14.3 Å². The van der Waals surface area contributed by atoms with E-state index in [1.54, 1.807) is 12.1 Å². The molecule has 0 aliphatic heterocycles. The van der Waals surface area contributed by atoms with Crippen LogP contribution >= 0.6 is 0 Å². The zero-order chi connectivity index (χ0) is 18.4. The molecular formula is C18H14O7. The van der Waals surface area contributed by atoms with Crippen LogP contribution in [0.1, 0.15) is 20.7 Å². The van der Waals surface area contributed by atoms with Gasteiger partial charge in [-0.2, -0.15) is 0 Å². The number of carboxylic acid groups (broad SMARTS) is 2. The third-order valence-electron chi connectivity index (χ3n) is 3.40. The molecule has 2 rings (SSSR count). The van der Waals surface area contributed by atoms with Gasteiger partial charge in [-0.1, -0.05) is 48.5 Å². The second-order valence-corrected chi connectivity index (χ2v) is 5.08. The molecule has 0 fully saturated rings. The Kier molecular flexibility index (Phi) is 5.62. The molecule has 128 valence electrons. The topological polar surface area (TPSA) is 118 Å². The summed E-state index contributed by atoms with van der Waals surface area (Å²) in [5.41, 5.74) is 0.0574. The van der Waals surface area contributed by atoms with Crippen LogP contribution in [0, 0.1) is 5.92 Å². The standard InChI is InChI=1S/C18H14O7/c19-14(11-7-3-1-4-8-11)13(16(20)21)15(17(22)23)25-18(24)12-9-5-2-6-10-12/h1-10,13,15H,(H,20,21)(H,22,23)/t13-,15-/m0/s1. The molecule has 0 radical (unpaired) electrons. The van der Waals surface area contributed by atoms with Crippen LogP contribution in [0.4, 0.5) is 0 Å². The summed E-state index contributed by atoms with van der Waals surface area (Å²) in [7, 11) is 0. The molecule has 0 saturated heterocycles. The summed E-state index contributed by atoms with van der Waals surface area (Å²) in [5, 5.41) is 18.6. The van der Waals surface area contributed by atoms with Gasteiger partial charge in [0.15, 0.2) is 11.7 Å². The number of carbonyl (C=O) groups excluding carboxylic acids is 2. The minimum absolute atomic E-state index is 0.0110. The fourth-order valence-corrected chi connectivity index (χ4v) is 2.18. The lowest BCUT2D eigenvalue weighted by Crippen LogP contribution is -2.43. The van der Waals surface area contributed by atoms with Crippen molar-refractivity contribution in [2.75, 3.05) is 0 Å². The largest absolute Gasteiger partial charge is 0.481 e. The Labute approximate surface area is 142 Å². The summed E-state index contributed by atoms with van der Waals surface area (Å²) in [4.78, 5) is 47.4. The molecule has 0 spiro atoms. The van der Waals surface area contributed by atoms with Crippen molar-refractivity contribution < 1.29 is 34.1 Å². The quantitative estimate of drug-likeness (QED) is 0.448. The molecule has 7 heteroatoms. The number of esters is 1. The van der Waals surface area contributed by atoms with Gasteiger partial charge < -0.3 is 14.9 Å². The molecule has 2 aromatic rings. The Morgan fingerprint density at radius 2 is 1.20 bits per heavy atom. The Hall–Kier alpha value is -3.48. The van der Waals surface area contributed by atoms with E-state index in [1.807, 2.05) is 0 Å². The highest BCUT2D eigenvalue weighted by atomic mass is 16.6. The maximum atomic E-state index is 12.4. The number of rotatable bonds is 7. The van der Waals surface area contributed by atoms with Crippen molar-refractivity contribution in [2.45, 2.75) is 6.10 Å². The van der Waals surface area contributed by atoms with Crippen LogP contribution in [-0.4, -0.2) is 40.0 Å². The van der Waals surface area contributed by atoms with E-state index < -0.39 is 35.7 Å². The molecule has 0 bridgehead atoms. The van der Waals surface area contributed by atoms with E-state index in [-0.39, 0.29) is 11.1 Å². The molecule has 2 aromatic carbocycles. The Balaban J connectivity index is 2.32. The van der Waals surface area contributed by atoms with Crippen LogP contribution in [0.15, 0.2) is 60.7 Å². The smallest absolute Gasteiger partial charge is 0.346 e. The van der Waals surface area contributed by atoms with Gasteiger partial charge in [-0.15, -0.1) is 0 Å². The van der Waals surface area contributed by atoms with Crippen molar-refractivity contribution >= 4 is 23.7 Å². The first kappa shape index (κ1) is 17.9. The van der Waals surface area contributed by atoms with Crippen molar-refractivity contribution in [1.82, 2.24) is 0 Å². The first-order valence-electron chi connectivity index (χ1n) is 7.22. The van der Waals surface area contributed by atoms with Gasteiger partial charge in [-0.05, 0) is 12.1 Å². The van der Waals surface area contributed by atoms with Gasteiger partial charge >= 0.3 is 17.9 Å². The minimum Gasteiger partial charge on any atom is -0.481 e. The number of Topliss-reactive ketones (excluding diaryl/α,β-unsaturated/α-hetero) is 1. The van der Waals surface area contributed by atoms with Crippen molar-refractivity contribution in [2.24, 2.45) is 5.92 Å². The zero-order valence-corrected chi connectivity index (χ0v) is 12.9. The van der Waals surface area contributed by atoms with Crippen LogP contribution in [0.25, 0.3) is 0 Å². The van der Waals surface area contributed by atoms with Crippen LogP contribution in [0.2, 0.25) is 0 Å². The number of carboxylic acids is 2. The predicted molar refractivity (Wildman–Crippen MR) is 85.2 cm³/mol. The SMILES string of the molecule is O=C(O[C@H](C(=O)O)[C@@H](C(=O)O)C(=O)c1ccccc1)c1ccccc1. The Morgan fingerprint density at radius 1 is 0.720 bits per heavy atom. The van der Waals surface area contributed by atoms with Gasteiger partial charge in [0.05, 0.1) is 5.56 Å². The molecule has 25 heavy (non-hydrogen) atoms. The molecule has 0 saturated carbocycles. The number of hydrogen-bond acceptors (Lipinski definition) is 5.